The van der Waals surface area contributed by atoms with Crippen LogP contribution in [0.1, 0.15) is 31.4 Å². The Hall–Kier alpha value is -0.830. The normalized spacial score (nSPS) is 26.5. The smallest absolute Gasteiger partial charge is 0.314 e. The van der Waals surface area contributed by atoms with Gasteiger partial charge in [-0.1, -0.05) is 41.9 Å². The average molecular weight is 283 g/mol. The summed E-state index contributed by atoms with van der Waals surface area (Å²) in [5.74, 6) is -0.715. The van der Waals surface area contributed by atoms with Crippen LogP contribution in [0.15, 0.2) is 22.7 Å². The summed E-state index contributed by atoms with van der Waals surface area (Å²) in [5.41, 5.74) is 1.20. The minimum Gasteiger partial charge on any atom is -0.481 e. The molecule has 16 heavy (non-hydrogen) atoms. The molecule has 1 aromatic carbocycles. The first-order valence-corrected chi connectivity index (χ1v) is 6.10. The number of aryl methyl sites for hydroxylation is 1. The van der Waals surface area contributed by atoms with E-state index in [2.05, 4.69) is 15.9 Å². The van der Waals surface area contributed by atoms with Crippen molar-refractivity contribution < 1.29 is 9.90 Å². The summed E-state index contributed by atoms with van der Waals surface area (Å²) < 4.78 is 0.980. The van der Waals surface area contributed by atoms with Gasteiger partial charge in [-0.2, -0.15) is 0 Å². The Kier molecular flexibility index (Phi) is 2.42. The molecule has 1 aliphatic rings. The molecule has 1 unspecified atom stereocenters. The third kappa shape index (κ3) is 1.41. The molecule has 1 saturated carbocycles. The third-order valence-electron chi connectivity index (χ3n) is 3.77. The molecule has 0 bridgehead atoms. The van der Waals surface area contributed by atoms with E-state index in [0.717, 1.165) is 15.6 Å². The van der Waals surface area contributed by atoms with Crippen LogP contribution >= 0.6 is 15.9 Å². The molecular weight excluding hydrogens is 268 g/mol. The molecule has 2 nitrogen and oxygen atoms in total. The van der Waals surface area contributed by atoms with Gasteiger partial charge in [0, 0.05) is 4.47 Å². The molecule has 3 heteroatoms. The van der Waals surface area contributed by atoms with Gasteiger partial charge < -0.3 is 5.11 Å². The van der Waals surface area contributed by atoms with Crippen LogP contribution in [-0.4, -0.2) is 11.1 Å². The molecular formula is C13H15BrO2. The summed E-state index contributed by atoms with van der Waals surface area (Å²) in [4.78, 5) is 11.5. The first kappa shape index (κ1) is 11.6. The predicted molar refractivity (Wildman–Crippen MR) is 66.6 cm³/mol. The van der Waals surface area contributed by atoms with Crippen LogP contribution in [0.3, 0.4) is 0 Å². The minimum atomic E-state index is -0.715. The lowest BCUT2D eigenvalue weighted by Crippen LogP contribution is -2.25. The number of benzene rings is 1. The molecule has 0 spiro atoms. The summed E-state index contributed by atoms with van der Waals surface area (Å²) in [7, 11) is 0. The standard InChI is InChI=1S/C13H15BrO2/c1-8-4-5-9(6-10(8)14)13(11(15)16)7-12(13,2)3/h4-6H,7H2,1-3H3,(H,15,16). The van der Waals surface area contributed by atoms with Crippen molar-refractivity contribution in [3.8, 4) is 0 Å². The largest absolute Gasteiger partial charge is 0.481 e. The van der Waals surface area contributed by atoms with Crippen molar-refractivity contribution in [3.05, 3.63) is 33.8 Å². The SMILES string of the molecule is Cc1ccc(C2(C(=O)O)CC2(C)C)cc1Br. The van der Waals surface area contributed by atoms with E-state index in [1.165, 1.54) is 0 Å². The van der Waals surface area contributed by atoms with Crippen LogP contribution in [0.5, 0.6) is 0 Å². The molecule has 2 rings (SSSR count). The topological polar surface area (TPSA) is 37.3 Å². The van der Waals surface area contributed by atoms with Gasteiger partial charge in [-0.25, -0.2) is 0 Å². The zero-order valence-corrected chi connectivity index (χ0v) is 11.3. The Labute approximate surface area is 104 Å². The summed E-state index contributed by atoms with van der Waals surface area (Å²) >= 11 is 3.46. The number of carboxylic acid groups (broad SMARTS) is 1. The van der Waals surface area contributed by atoms with Gasteiger partial charge in [-0.05, 0) is 36.0 Å². The number of rotatable bonds is 2. The summed E-state index contributed by atoms with van der Waals surface area (Å²) in [6.07, 6.45) is 0.713. The van der Waals surface area contributed by atoms with E-state index in [-0.39, 0.29) is 5.41 Å². The van der Waals surface area contributed by atoms with Crippen molar-refractivity contribution in [1.29, 1.82) is 0 Å². The molecule has 0 aromatic heterocycles. The Morgan fingerprint density at radius 3 is 2.38 bits per heavy atom. The number of halogens is 1. The molecule has 1 fully saturated rings. The molecule has 0 amide bonds. The first-order valence-electron chi connectivity index (χ1n) is 5.31. The zero-order chi connectivity index (χ0) is 12.1. The van der Waals surface area contributed by atoms with Crippen molar-refractivity contribution >= 4 is 21.9 Å². The van der Waals surface area contributed by atoms with Gasteiger partial charge in [0.2, 0.25) is 0 Å². The minimum absolute atomic E-state index is 0.145. The average Bonchev–Trinajstić information content (AvgIpc) is 2.75. The quantitative estimate of drug-likeness (QED) is 0.901. The summed E-state index contributed by atoms with van der Waals surface area (Å²) in [6, 6.07) is 5.85. The van der Waals surface area contributed by atoms with Crippen LogP contribution in [0.2, 0.25) is 0 Å². The van der Waals surface area contributed by atoms with Crippen molar-refractivity contribution in [1.82, 2.24) is 0 Å². The predicted octanol–water partition coefficient (Wildman–Crippen LogP) is 3.51. The Morgan fingerprint density at radius 2 is 2.00 bits per heavy atom. The van der Waals surface area contributed by atoms with Gasteiger partial charge >= 0.3 is 5.97 Å². The van der Waals surface area contributed by atoms with Gasteiger partial charge in [0.1, 0.15) is 0 Å². The molecule has 1 N–H and O–H groups in total. The van der Waals surface area contributed by atoms with Crippen LogP contribution in [0, 0.1) is 12.3 Å². The first-order chi connectivity index (χ1) is 7.31. The van der Waals surface area contributed by atoms with E-state index >= 15 is 0 Å². The van der Waals surface area contributed by atoms with E-state index in [4.69, 9.17) is 0 Å². The Morgan fingerprint density at radius 1 is 1.44 bits per heavy atom. The van der Waals surface area contributed by atoms with E-state index in [1.54, 1.807) is 0 Å². The molecule has 86 valence electrons. The number of aliphatic carboxylic acids is 1. The van der Waals surface area contributed by atoms with E-state index in [1.807, 2.05) is 39.0 Å². The Bertz CT molecular complexity index is 465. The van der Waals surface area contributed by atoms with Crippen LogP contribution < -0.4 is 0 Å². The van der Waals surface area contributed by atoms with E-state index in [9.17, 15) is 9.90 Å². The maximum atomic E-state index is 11.5. The number of carboxylic acids is 1. The van der Waals surface area contributed by atoms with E-state index < -0.39 is 11.4 Å². The molecule has 0 radical (unpaired) electrons. The highest BCUT2D eigenvalue weighted by atomic mass is 79.9. The summed E-state index contributed by atoms with van der Waals surface area (Å²) in [5, 5.41) is 9.44. The van der Waals surface area contributed by atoms with Crippen LogP contribution in [0.25, 0.3) is 0 Å². The van der Waals surface area contributed by atoms with Crippen molar-refractivity contribution in [3.63, 3.8) is 0 Å². The lowest BCUT2D eigenvalue weighted by molar-refractivity contribution is -0.141. The molecule has 1 aliphatic carbocycles. The van der Waals surface area contributed by atoms with Crippen molar-refractivity contribution in [2.75, 3.05) is 0 Å². The zero-order valence-electron chi connectivity index (χ0n) is 9.67. The number of hydrogen-bond donors (Lipinski definition) is 1. The fourth-order valence-electron chi connectivity index (χ4n) is 2.46. The molecule has 0 aliphatic heterocycles. The maximum absolute atomic E-state index is 11.5. The van der Waals surface area contributed by atoms with Crippen molar-refractivity contribution in [2.24, 2.45) is 5.41 Å². The second-order valence-electron chi connectivity index (χ2n) is 5.24. The number of carbonyl (C=O) groups is 1. The fraction of sp³-hybridized carbons (Fsp3) is 0.462. The van der Waals surface area contributed by atoms with Gasteiger partial charge in [-0.3, -0.25) is 4.79 Å². The highest BCUT2D eigenvalue weighted by Crippen LogP contribution is 2.64. The maximum Gasteiger partial charge on any atom is 0.314 e. The lowest BCUT2D eigenvalue weighted by atomic mass is 9.87. The van der Waals surface area contributed by atoms with E-state index in [0.29, 0.717) is 6.42 Å². The monoisotopic (exact) mass is 282 g/mol. The van der Waals surface area contributed by atoms with Crippen LogP contribution in [-0.2, 0) is 10.2 Å². The second kappa shape index (κ2) is 3.33. The van der Waals surface area contributed by atoms with Gasteiger partial charge in [0.25, 0.3) is 0 Å². The molecule has 1 aromatic rings. The highest BCUT2D eigenvalue weighted by Gasteiger charge is 2.67. The lowest BCUT2D eigenvalue weighted by Gasteiger charge is -2.17. The van der Waals surface area contributed by atoms with Crippen LogP contribution in [0.4, 0.5) is 0 Å². The third-order valence-corrected chi connectivity index (χ3v) is 4.62. The highest BCUT2D eigenvalue weighted by molar-refractivity contribution is 9.10. The molecule has 0 saturated heterocycles. The van der Waals surface area contributed by atoms with Gasteiger partial charge in [0.15, 0.2) is 0 Å². The van der Waals surface area contributed by atoms with Crippen molar-refractivity contribution in [2.45, 2.75) is 32.6 Å². The summed E-state index contributed by atoms with van der Waals surface area (Å²) in [6.45, 7) is 6.02. The van der Waals surface area contributed by atoms with Gasteiger partial charge in [0.05, 0.1) is 5.41 Å². The Balaban J connectivity index is 2.51. The molecule has 1 atom stereocenters. The molecule has 0 heterocycles. The van der Waals surface area contributed by atoms with Gasteiger partial charge in [-0.15, -0.1) is 0 Å². The second-order valence-corrected chi connectivity index (χ2v) is 6.09. The number of hydrogen-bond acceptors (Lipinski definition) is 1. The fourth-order valence-corrected chi connectivity index (χ4v) is 2.84.